The zero-order chi connectivity index (χ0) is 14.8. The normalized spacial score (nSPS) is 26.0. The summed E-state index contributed by atoms with van der Waals surface area (Å²) in [6.07, 6.45) is 7.16. The van der Waals surface area contributed by atoms with Gasteiger partial charge in [0.15, 0.2) is 0 Å². The van der Waals surface area contributed by atoms with Crippen molar-refractivity contribution in [2.75, 3.05) is 24.5 Å². The van der Waals surface area contributed by atoms with Crippen molar-refractivity contribution < 1.29 is 0 Å². The number of nitrogens with one attached hydrogen (secondary N) is 1. The fourth-order valence-corrected chi connectivity index (χ4v) is 4.34. The van der Waals surface area contributed by atoms with Gasteiger partial charge in [-0.3, -0.25) is 4.68 Å². The van der Waals surface area contributed by atoms with Gasteiger partial charge < -0.3 is 10.2 Å². The lowest BCUT2D eigenvalue weighted by Crippen LogP contribution is -2.43. The lowest BCUT2D eigenvalue weighted by Gasteiger charge is -2.42. The number of piperidine rings is 1. The number of hydrogen-bond acceptors (Lipinski definition) is 3. The van der Waals surface area contributed by atoms with Gasteiger partial charge in [-0.2, -0.15) is 5.10 Å². The van der Waals surface area contributed by atoms with E-state index in [1.165, 1.54) is 62.3 Å². The highest BCUT2D eigenvalue weighted by Crippen LogP contribution is 2.38. The van der Waals surface area contributed by atoms with Gasteiger partial charge in [-0.1, -0.05) is 26.2 Å². The second-order valence-electron chi connectivity index (χ2n) is 6.83. The molecule has 4 nitrogen and oxygen atoms in total. The van der Waals surface area contributed by atoms with Gasteiger partial charge in [0.2, 0.25) is 0 Å². The van der Waals surface area contributed by atoms with E-state index in [2.05, 4.69) is 40.9 Å². The third-order valence-electron chi connectivity index (χ3n) is 5.46. The van der Waals surface area contributed by atoms with Crippen molar-refractivity contribution in [3.63, 3.8) is 0 Å². The Balaban J connectivity index is 1.79. The van der Waals surface area contributed by atoms with Crippen molar-refractivity contribution in [2.45, 2.75) is 52.5 Å². The molecule has 3 rings (SSSR count). The smallest absolute Gasteiger partial charge is 0.131 e. The van der Waals surface area contributed by atoms with E-state index in [9.17, 15) is 0 Å². The van der Waals surface area contributed by atoms with Crippen LogP contribution in [0.3, 0.4) is 0 Å². The van der Waals surface area contributed by atoms with E-state index in [1.807, 2.05) is 0 Å². The third kappa shape index (κ3) is 2.96. The molecule has 1 saturated carbocycles. The standard InChI is InChI=1S/C17H30N4/c1-4-18-11-16-13(2)19-20(3)17(16)21-10-9-14-7-5-6-8-15(14)12-21/h14-15,18H,4-12H2,1-3H3. The van der Waals surface area contributed by atoms with Crippen LogP contribution in [0.4, 0.5) is 5.82 Å². The molecule has 1 aliphatic carbocycles. The van der Waals surface area contributed by atoms with Crippen molar-refractivity contribution in [3.05, 3.63) is 11.3 Å². The number of anilines is 1. The van der Waals surface area contributed by atoms with E-state index < -0.39 is 0 Å². The maximum absolute atomic E-state index is 4.68. The number of fused-ring (bicyclic) bond motifs is 1. The van der Waals surface area contributed by atoms with Gasteiger partial charge in [-0.15, -0.1) is 0 Å². The van der Waals surface area contributed by atoms with Crippen molar-refractivity contribution in [2.24, 2.45) is 18.9 Å². The summed E-state index contributed by atoms with van der Waals surface area (Å²) in [4.78, 5) is 2.61. The largest absolute Gasteiger partial charge is 0.356 e. The molecule has 118 valence electrons. The molecule has 2 fully saturated rings. The lowest BCUT2D eigenvalue weighted by atomic mass is 9.75. The minimum atomic E-state index is 0.912. The van der Waals surface area contributed by atoms with Crippen LogP contribution in [0.5, 0.6) is 0 Å². The van der Waals surface area contributed by atoms with Gasteiger partial charge in [0.05, 0.1) is 5.69 Å². The first-order valence-corrected chi connectivity index (χ1v) is 8.68. The number of hydrogen-bond donors (Lipinski definition) is 1. The quantitative estimate of drug-likeness (QED) is 0.925. The van der Waals surface area contributed by atoms with Crippen molar-refractivity contribution in [3.8, 4) is 0 Å². The Labute approximate surface area is 128 Å². The Morgan fingerprint density at radius 3 is 2.71 bits per heavy atom. The molecule has 2 atom stereocenters. The van der Waals surface area contributed by atoms with E-state index >= 15 is 0 Å². The summed E-state index contributed by atoms with van der Waals surface area (Å²) in [5.41, 5.74) is 2.58. The monoisotopic (exact) mass is 290 g/mol. The molecule has 0 amide bonds. The van der Waals surface area contributed by atoms with Gasteiger partial charge in [-0.25, -0.2) is 0 Å². The van der Waals surface area contributed by atoms with Gasteiger partial charge >= 0.3 is 0 Å². The molecule has 0 bridgehead atoms. The van der Waals surface area contributed by atoms with Gasteiger partial charge in [0.25, 0.3) is 0 Å². The Morgan fingerprint density at radius 1 is 1.19 bits per heavy atom. The molecule has 21 heavy (non-hydrogen) atoms. The maximum Gasteiger partial charge on any atom is 0.131 e. The Kier molecular flexibility index (Phi) is 4.53. The summed E-state index contributed by atoms with van der Waals surface area (Å²) in [5, 5.41) is 8.15. The lowest BCUT2D eigenvalue weighted by molar-refractivity contribution is 0.201. The Morgan fingerprint density at radius 2 is 1.95 bits per heavy atom. The molecule has 2 heterocycles. The Hall–Kier alpha value is -1.03. The average Bonchev–Trinajstić information content (AvgIpc) is 2.78. The number of nitrogens with zero attached hydrogens (tertiary/aromatic N) is 3. The topological polar surface area (TPSA) is 33.1 Å². The highest BCUT2D eigenvalue weighted by molar-refractivity contribution is 5.50. The zero-order valence-electron chi connectivity index (χ0n) is 13.9. The van der Waals surface area contributed by atoms with E-state index in [1.54, 1.807) is 0 Å². The fourth-order valence-electron chi connectivity index (χ4n) is 4.34. The summed E-state index contributed by atoms with van der Waals surface area (Å²) in [6, 6.07) is 0. The number of rotatable bonds is 4. The molecule has 1 aromatic heterocycles. The summed E-state index contributed by atoms with van der Waals surface area (Å²) in [6.45, 7) is 8.71. The zero-order valence-corrected chi connectivity index (χ0v) is 13.9. The molecule has 1 aromatic rings. The van der Waals surface area contributed by atoms with Gasteiger partial charge in [0.1, 0.15) is 5.82 Å². The molecule has 1 N–H and O–H groups in total. The van der Waals surface area contributed by atoms with Crippen molar-refractivity contribution in [1.82, 2.24) is 15.1 Å². The first-order valence-electron chi connectivity index (χ1n) is 8.68. The van der Waals surface area contributed by atoms with Crippen LogP contribution in [0.2, 0.25) is 0 Å². The summed E-state index contributed by atoms with van der Waals surface area (Å²) in [5.74, 6) is 3.26. The van der Waals surface area contributed by atoms with Crippen LogP contribution in [-0.2, 0) is 13.6 Å². The van der Waals surface area contributed by atoms with Crippen LogP contribution in [0.15, 0.2) is 0 Å². The molecule has 1 saturated heterocycles. The van der Waals surface area contributed by atoms with Crippen LogP contribution in [0.1, 0.15) is 50.3 Å². The fraction of sp³-hybridized carbons (Fsp3) is 0.824. The molecule has 0 aromatic carbocycles. The van der Waals surface area contributed by atoms with Crippen LogP contribution in [0.25, 0.3) is 0 Å². The SMILES string of the molecule is CCNCc1c(C)nn(C)c1N1CCC2CCCCC2C1. The molecule has 2 unspecified atom stereocenters. The van der Waals surface area contributed by atoms with E-state index in [0.717, 1.165) is 24.9 Å². The highest BCUT2D eigenvalue weighted by Gasteiger charge is 2.33. The highest BCUT2D eigenvalue weighted by atomic mass is 15.4. The molecule has 0 radical (unpaired) electrons. The maximum atomic E-state index is 4.68. The van der Waals surface area contributed by atoms with E-state index in [-0.39, 0.29) is 0 Å². The first-order chi connectivity index (χ1) is 10.2. The molecule has 4 heteroatoms. The summed E-state index contributed by atoms with van der Waals surface area (Å²) in [7, 11) is 2.10. The average molecular weight is 290 g/mol. The first kappa shape index (κ1) is 14.9. The molecule has 0 spiro atoms. The predicted octanol–water partition coefficient (Wildman–Crippen LogP) is 2.85. The van der Waals surface area contributed by atoms with Gasteiger partial charge in [-0.05, 0) is 38.1 Å². The van der Waals surface area contributed by atoms with E-state index in [0.29, 0.717) is 0 Å². The van der Waals surface area contributed by atoms with Crippen LogP contribution >= 0.6 is 0 Å². The number of aromatic nitrogens is 2. The summed E-state index contributed by atoms with van der Waals surface area (Å²) < 4.78 is 2.10. The van der Waals surface area contributed by atoms with Crippen LogP contribution in [0, 0.1) is 18.8 Å². The molecular formula is C17H30N4. The van der Waals surface area contributed by atoms with Gasteiger partial charge in [0, 0.05) is 32.2 Å². The molecule has 1 aliphatic heterocycles. The molecule has 2 aliphatic rings. The second kappa shape index (κ2) is 6.39. The van der Waals surface area contributed by atoms with Crippen molar-refractivity contribution >= 4 is 5.82 Å². The third-order valence-corrected chi connectivity index (χ3v) is 5.46. The minimum Gasteiger partial charge on any atom is -0.356 e. The molecular weight excluding hydrogens is 260 g/mol. The number of aryl methyl sites for hydroxylation is 2. The predicted molar refractivity (Wildman–Crippen MR) is 87.6 cm³/mol. The summed E-state index contributed by atoms with van der Waals surface area (Å²) >= 11 is 0. The second-order valence-corrected chi connectivity index (χ2v) is 6.83. The van der Waals surface area contributed by atoms with Crippen LogP contribution < -0.4 is 10.2 Å². The van der Waals surface area contributed by atoms with E-state index in [4.69, 9.17) is 0 Å². The van der Waals surface area contributed by atoms with Crippen LogP contribution in [-0.4, -0.2) is 29.4 Å². The van der Waals surface area contributed by atoms with Crippen molar-refractivity contribution in [1.29, 1.82) is 0 Å². The Bertz CT molecular complexity index is 479. The minimum absolute atomic E-state index is 0.912.